The Morgan fingerprint density at radius 2 is 2.00 bits per heavy atom. The summed E-state index contributed by atoms with van der Waals surface area (Å²) in [6.45, 7) is 3.31. The Labute approximate surface area is 75.3 Å². The molecule has 0 saturated carbocycles. The zero-order valence-corrected chi connectivity index (χ0v) is 8.21. The fraction of sp³-hybridized carbons (Fsp3) is 1.00. The first-order valence-electron chi connectivity index (χ1n) is 4.81. The molecule has 1 aliphatic rings. The minimum atomic E-state index is 0.363. The molecule has 0 aromatic carbocycles. The molecule has 0 bridgehead atoms. The van der Waals surface area contributed by atoms with Crippen LogP contribution in [0.5, 0.6) is 0 Å². The summed E-state index contributed by atoms with van der Waals surface area (Å²) >= 11 is 0. The van der Waals surface area contributed by atoms with E-state index >= 15 is 0 Å². The second-order valence-corrected chi connectivity index (χ2v) is 4.01. The van der Waals surface area contributed by atoms with E-state index in [1.807, 2.05) is 0 Å². The van der Waals surface area contributed by atoms with Crippen LogP contribution in [0.15, 0.2) is 0 Å². The van der Waals surface area contributed by atoms with Crippen LogP contribution in [0.4, 0.5) is 0 Å². The van der Waals surface area contributed by atoms with Gasteiger partial charge in [0, 0.05) is 12.6 Å². The number of rotatable bonds is 3. The van der Waals surface area contributed by atoms with E-state index in [-0.39, 0.29) is 0 Å². The zero-order valence-electron chi connectivity index (χ0n) is 8.21. The molecular weight excluding hydrogens is 150 g/mol. The normalized spacial score (nSPS) is 23.0. The lowest BCUT2D eigenvalue weighted by atomic mass is 9.90. The van der Waals surface area contributed by atoms with E-state index in [1.54, 1.807) is 0 Å². The number of hydrogen-bond acceptors (Lipinski definition) is 3. The topological polar surface area (TPSA) is 41.3 Å². The van der Waals surface area contributed by atoms with Gasteiger partial charge in [-0.15, -0.1) is 0 Å². The van der Waals surface area contributed by atoms with Gasteiger partial charge in [-0.3, -0.25) is 0 Å². The molecule has 72 valence electrons. The van der Waals surface area contributed by atoms with Gasteiger partial charge in [-0.2, -0.15) is 0 Å². The van der Waals surface area contributed by atoms with E-state index in [4.69, 9.17) is 5.73 Å². The van der Waals surface area contributed by atoms with Gasteiger partial charge in [0.15, 0.2) is 0 Å². The molecule has 1 atom stereocenters. The average molecular weight is 171 g/mol. The first-order valence-corrected chi connectivity index (χ1v) is 4.81. The van der Waals surface area contributed by atoms with Gasteiger partial charge >= 0.3 is 0 Å². The van der Waals surface area contributed by atoms with Gasteiger partial charge in [-0.25, -0.2) is 0 Å². The van der Waals surface area contributed by atoms with Crippen LogP contribution in [0.2, 0.25) is 0 Å². The number of hydrogen-bond donors (Lipinski definition) is 2. The van der Waals surface area contributed by atoms with Gasteiger partial charge in [0.2, 0.25) is 0 Å². The quantitative estimate of drug-likeness (QED) is 0.622. The molecule has 0 amide bonds. The highest BCUT2D eigenvalue weighted by Crippen LogP contribution is 2.14. The number of nitrogens with one attached hydrogen (secondary N) is 1. The van der Waals surface area contributed by atoms with Crippen molar-refractivity contribution >= 4 is 0 Å². The predicted molar refractivity (Wildman–Crippen MR) is 52.1 cm³/mol. The van der Waals surface area contributed by atoms with Crippen molar-refractivity contribution < 1.29 is 0 Å². The van der Waals surface area contributed by atoms with Gasteiger partial charge in [0.05, 0.1) is 0 Å². The van der Waals surface area contributed by atoms with Crippen LogP contribution in [-0.2, 0) is 0 Å². The summed E-state index contributed by atoms with van der Waals surface area (Å²) in [6, 6.07) is 0.363. The van der Waals surface area contributed by atoms with E-state index in [0.717, 1.165) is 25.6 Å². The molecular formula is C9H21N3. The van der Waals surface area contributed by atoms with Crippen molar-refractivity contribution in [2.24, 2.45) is 11.7 Å². The van der Waals surface area contributed by atoms with Crippen LogP contribution >= 0.6 is 0 Å². The van der Waals surface area contributed by atoms with Crippen LogP contribution in [-0.4, -0.2) is 44.7 Å². The van der Waals surface area contributed by atoms with E-state index in [0.29, 0.717) is 6.04 Å². The lowest BCUT2D eigenvalue weighted by Crippen LogP contribution is -2.43. The summed E-state index contributed by atoms with van der Waals surface area (Å²) in [6.07, 6.45) is 2.49. The maximum Gasteiger partial charge on any atom is 0.0197 e. The van der Waals surface area contributed by atoms with Gasteiger partial charge in [-0.1, -0.05) is 0 Å². The van der Waals surface area contributed by atoms with Crippen LogP contribution in [0.3, 0.4) is 0 Å². The Bertz CT molecular complexity index is 119. The summed E-state index contributed by atoms with van der Waals surface area (Å²) in [5, 5.41) is 3.35. The van der Waals surface area contributed by atoms with E-state index in [9.17, 15) is 0 Å². The number of nitrogens with two attached hydrogens (primary N) is 1. The molecule has 0 aliphatic carbocycles. The average Bonchev–Trinajstić information content (AvgIpc) is 2.05. The molecule has 1 rings (SSSR count). The minimum absolute atomic E-state index is 0.363. The lowest BCUT2D eigenvalue weighted by Gasteiger charge is -2.29. The molecule has 3 heteroatoms. The Morgan fingerprint density at radius 1 is 1.42 bits per heavy atom. The van der Waals surface area contributed by atoms with Crippen LogP contribution in [0.25, 0.3) is 0 Å². The molecule has 0 aromatic heterocycles. The first kappa shape index (κ1) is 9.96. The molecule has 12 heavy (non-hydrogen) atoms. The van der Waals surface area contributed by atoms with Crippen molar-refractivity contribution in [3.8, 4) is 0 Å². The maximum atomic E-state index is 6.08. The van der Waals surface area contributed by atoms with E-state index < -0.39 is 0 Å². The highest BCUT2D eigenvalue weighted by atomic mass is 15.1. The standard InChI is InChI=1S/C9H21N3/c1-12(2)7-9(10)8-3-5-11-6-4-8/h8-9,11H,3-7,10H2,1-2H3. The van der Waals surface area contributed by atoms with Crippen molar-refractivity contribution in [1.82, 2.24) is 10.2 Å². The van der Waals surface area contributed by atoms with E-state index in [1.165, 1.54) is 12.8 Å². The largest absolute Gasteiger partial charge is 0.326 e. The van der Waals surface area contributed by atoms with Crippen molar-refractivity contribution in [1.29, 1.82) is 0 Å². The molecule has 1 saturated heterocycles. The van der Waals surface area contributed by atoms with Crippen LogP contribution < -0.4 is 11.1 Å². The third kappa shape index (κ3) is 3.09. The van der Waals surface area contributed by atoms with Gasteiger partial charge < -0.3 is 16.0 Å². The second kappa shape index (κ2) is 4.80. The lowest BCUT2D eigenvalue weighted by molar-refractivity contribution is 0.263. The minimum Gasteiger partial charge on any atom is -0.326 e. The van der Waals surface area contributed by atoms with Crippen LogP contribution in [0.1, 0.15) is 12.8 Å². The second-order valence-electron chi connectivity index (χ2n) is 4.01. The molecule has 1 aliphatic heterocycles. The molecule has 1 heterocycles. The third-order valence-electron chi connectivity index (χ3n) is 2.57. The summed E-state index contributed by atoms with van der Waals surface area (Å²) in [5.41, 5.74) is 6.08. The Kier molecular flexibility index (Phi) is 3.98. The molecule has 0 radical (unpaired) electrons. The summed E-state index contributed by atoms with van der Waals surface area (Å²) in [5.74, 6) is 0.730. The Hall–Kier alpha value is -0.120. The van der Waals surface area contributed by atoms with Gasteiger partial charge in [0.25, 0.3) is 0 Å². The molecule has 0 aromatic rings. The van der Waals surface area contributed by atoms with Gasteiger partial charge in [-0.05, 0) is 45.9 Å². The highest BCUT2D eigenvalue weighted by Gasteiger charge is 2.20. The van der Waals surface area contributed by atoms with E-state index in [2.05, 4.69) is 24.3 Å². The van der Waals surface area contributed by atoms with Crippen LogP contribution in [0, 0.1) is 5.92 Å². The molecule has 0 spiro atoms. The smallest absolute Gasteiger partial charge is 0.0197 e. The molecule has 3 nitrogen and oxygen atoms in total. The van der Waals surface area contributed by atoms with Crippen molar-refractivity contribution in [3.05, 3.63) is 0 Å². The molecule has 3 N–H and O–H groups in total. The SMILES string of the molecule is CN(C)CC(N)C1CCNCC1. The highest BCUT2D eigenvalue weighted by molar-refractivity contribution is 4.79. The number of likely N-dealkylation sites (N-methyl/N-ethyl adjacent to an activating group) is 1. The van der Waals surface area contributed by atoms with Gasteiger partial charge in [0.1, 0.15) is 0 Å². The van der Waals surface area contributed by atoms with Crippen molar-refractivity contribution in [2.45, 2.75) is 18.9 Å². The monoisotopic (exact) mass is 171 g/mol. The zero-order chi connectivity index (χ0) is 8.97. The Morgan fingerprint density at radius 3 is 2.50 bits per heavy atom. The van der Waals surface area contributed by atoms with Crippen molar-refractivity contribution in [2.75, 3.05) is 33.7 Å². The molecule has 1 unspecified atom stereocenters. The third-order valence-corrected chi connectivity index (χ3v) is 2.57. The first-order chi connectivity index (χ1) is 5.70. The maximum absolute atomic E-state index is 6.08. The number of piperidine rings is 1. The fourth-order valence-electron chi connectivity index (χ4n) is 1.84. The fourth-order valence-corrected chi connectivity index (χ4v) is 1.84. The summed E-state index contributed by atoms with van der Waals surface area (Å²) in [4.78, 5) is 2.17. The summed E-state index contributed by atoms with van der Waals surface area (Å²) < 4.78 is 0. The summed E-state index contributed by atoms with van der Waals surface area (Å²) in [7, 11) is 4.17. The number of nitrogens with zero attached hydrogens (tertiary/aromatic N) is 1. The molecule has 1 fully saturated rings. The predicted octanol–water partition coefficient (Wildman–Crippen LogP) is -0.125. The van der Waals surface area contributed by atoms with Crippen molar-refractivity contribution in [3.63, 3.8) is 0 Å². The Balaban J connectivity index is 2.24.